The first-order chi connectivity index (χ1) is 12.3. The van der Waals surface area contributed by atoms with Gasteiger partial charge in [-0.3, -0.25) is 0 Å². The highest BCUT2D eigenvalue weighted by Gasteiger charge is 2.28. The first kappa shape index (κ1) is 15.4. The monoisotopic (exact) mass is 322 g/mol. The fourth-order valence-electron chi connectivity index (χ4n) is 3.08. The van der Waals surface area contributed by atoms with E-state index in [1.807, 2.05) is 18.2 Å². The van der Waals surface area contributed by atoms with Crippen molar-refractivity contribution in [3.8, 4) is 12.3 Å². The van der Waals surface area contributed by atoms with Crippen molar-refractivity contribution >= 4 is 11.4 Å². The first-order valence-electron chi connectivity index (χ1n) is 8.33. The normalized spacial score (nSPS) is 12.8. The van der Waals surface area contributed by atoms with Crippen LogP contribution in [0.4, 0.5) is 11.4 Å². The number of nitrogens with zero attached hydrogens (tertiary/aromatic N) is 2. The maximum atomic E-state index is 5.60. The second-order valence-corrected chi connectivity index (χ2v) is 6.09. The number of hydrogen-bond acceptors (Lipinski definition) is 2. The topological polar surface area (TPSA) is 6.48 Å². The summed E-state index contributed by atoms with van der Waals surface area (Å²) in [5.74, 6) is 2.73. The highest BCUT2D eigenvalue weighted by Crippen LogP contribution is 2.40. The number of anilines is 2. The summed E-state index contributed by atoms with van der Waals surface area (Å²) in [5, 5.41) is 0. The zero-order valence-electron chi connectivity index (χ0n) is 13.9. The van der Waals surface area contributed by atoms with Crippen molar-refractivity contribution in [2.45, 2.75) is 13.1 Å². The zero-order chi connectivity index (χ0) is 17.1. The molecule has 25 heavy (non-hydrogen) atoms. The van der Waals surface area contributed by atoms with Gasteiger partial charge in [0.1, 0.15) is 0 Å². The molecule has 0 bridgehead atoms. The fourth-order valence-corrected chi connectivity index (χ4v) is 3.08. The Labute approximate surface area is 149 Å². The SMILES string of the molecule is C#Cc1ccc2c(c1)N(Cc1ccccc1)[C]N2Cc1ccccc1. The van der Waals surface area contributed by atoms with Crippen LogP contribution in [0.5, 0.6) is 0 Å². The van der Waals surface area contributed by atoms with Crippen molar-refractivity contribution in [2.75, 3.05) is 9.80 Å². The molecule has 4 rings (SSSR count). The van der Waals surface area contributed by atoms with E-state index in [4.69, 9.17) is 6.42 Å². The standard InChI is InChI=1S/C23H18N2/c1-2-19-13-14-22-23(15-19)25(17-21-11-7-4-8-12-21)18-24(22)16-20-9-5-3-6-10-20/h1,3-15H,16-17H2. The van der Waals surface area contributed by atoms with Gasteiger partial charge in [0.25, 0.3) is 0 Å². The molecule has 2 radical (unpaired) electrons. The van der Waals surface area contributed by atoms with Gasteiger partial charge in [-0.05, 0) is 29.3 Å². The van der Waals surface area contributed by atoms with Crippen molar-refractivity contribution < 1.29 is 0 Å². The van der Waals surface area contributed by atoms with Crippen molar-refractivity contribution in [1.29, 1.82) is 0 Å². The Hall–Kier alpha value is -3.18. The fraction of sp³-hybridized carbons (Fsp3) is 0.0870. The first-order valence-corrected chi connectivity index (χ1v) is 8.33. The summed E-state index contributed by atoms with van der Waals surface area (Å²) < 4.78 is 0. The van der Waals surface area contributed by atoms with E-state index in [0.29, 0.717) is 0 Å². The minimum absolute atomic E-state index is 0.771. The second kappa shape index (κ2) is 6.75. The van der Waals surface area contributed by atoms with Gasteiger partial charge >= 0.3 is 0 Å². The van der Waals surface area contributed by atoms with Crippen molar-refractivity contribution in [1.82, 2.24) is 0 Å². The van der Waals surface area contributed by atoms with Gasteiger partial charge in [-0.25, -0.2) is 0 Å². The Balaban J connectivity index is 1.65. The maximum absolute atomic E-state index is 5.60. The van der Waals surface area contributed by atoms with Crippen LogP contribution in [0.1, 0.15) is 16.7 Å². The molecular weight excluding hydrogens is 304 g/mol. The molecule has 2 nitrogen and oxygen atoms in total. The lowest BCUT2D eigenvalue weighted by molar-refractivity contribution is 0.849. The third kappa shape index (κ3) is 3.22. The molecule has 3 aromatic carbocycles. The Kier molecular flexibility index (Phi) is 4.14. The molecule has 3 aromatic rings. The Morgan fingerprint density at radius 3 is 1.84 bits per heavy atom. The summed E-state index contributed by atoms with van der Waals surface area (Å²) in [6.07, 6.45) is 5.60. The van der Waals surface area contributed by atoms with E-state index in [0.717, 1.165) is 30.0 Å². The van der Waals surface area contributed by atoms with E-state index in [1.165, 1.54) is 11.1 Å². The number of rotatable bonds is 4. The van der Waals surface area contributed by atoms with Crippen LogP contribution < -0.4 is 9.80 Å². The van der Waals surface area contributed by atoms with Gasteiger partial charge in [0, 0.05) is 18.7 Å². The molecule has 1 aliphatic rings. The van der Waals surface area contributed by atoms with Gasteiger partial charge in [-0.2, -0.15) is 0 Å². The lowest BCUT2D eigenvalue weighted by Crippen LogP contribution is -2.24. The molecule has 0 saturated carbocycles. The Morgan fingerprint density at radius 1 is 0.720 bits per heavy atom. The summed E-state index contributed by atoms with van der Waals surface area (Å²) in [6.45, 7) is 5.06. The predicted octanol–water partition coefficient (Wildman–Crippen LogP) is 4.69. The van der Waals surface area contributed by atoms with Gasteiger partial charge in [-0.15, -0.1) is 6.42 Å². The third-order valence-corrected chi connectivity index (χ3v) is 4.33. The van der Waals surface area contributed by atoms with Crippen LogP contribution in [0.2, 0.25) is 0 Å². The van der Waals surface area contributed by atoms with Crippen LogP contribution in [0, 0.1) is 19.0 Å². The predicted molar refractivity (Wildman–Crippen MR) is 103 cm³/mol. The van der Waals surface area contributed by atoms with Gasteiger partial charge < -0.3 is 9.80 Å². The average molecular weight is 322 g/mol. The van der Waals surface area contributed by atoms with Crippen LogP contribution >= 0.6 is 0 Å². The van der Waals surface area contributed by atoms with Crippen LogP contribution in [-0.4, -0.2) is 0 Å². The van der Waals surface area contributed by atoms with Gasteiger partial charge in [0.15, 0.2) is 0 Å². The Bertz CT molecular complexity index is 894. The van der Waals surface area contributed by atoms with E-state index < -0.39 is 0 Å². The number of hydrogen-bond donors (Lipinski definition) is 0. The zero-order valence-corrected chi connectivity index (χ0v) is 13.9. The number of benzene rings is 3. The summed E-state index contributed by atoms with van der Waals surface area (Å²) in [7, 11) is 0. The summed E-state index contributed by atoms with van der Waals surface area (Å²) >= 11 is 0. The van der Waals surface area contributed by atoms with Crippen LogP contribution in [-0.2, 0) is 13.1 Å². The van der Waals surface area contributed by atoms with E-state index in [2.05, 4.69) is 83.1 Å². The minimum Gasteiger partial charge on any atom is -0.335 e. The molecular formula is C23H18N2. The average Bonchev–Trinajstić information content (AvgIpc) is 3.00. The lowest BCUT2D eigenvalue weighted by Gasteiger charge is -2.19. The van der Waals surface area contributed by atoms with Crippen molar-refractivity contribution in [3.63, 3.8) is 0 Å². The maximum Gasteiger partial charge on any atom is 0.209 e. The molecule has 0 unspecified atom stereocenters. The summed E-state index contributed by atoms with van der Waals surface area (Å²) in [5.41, 5.74) is 5.63. The van der Waals surface area contributed by atoms with Crippen LogP contribution in [0.15, 0.2) is 78.9 Å². The Morgan fingerprint density at radius 2 is 1.28 bits per heavy atom. The van der Waals surface area contributed by atoms with E-state index >= 15 is 0 Å². The lowest BCUT2D eigenvalue weighted by atomic mass is 10.1. The quantitative estimate of drug-likeness (QED) is 0.643. The second-order valence-electron chi connectivity index (χ2n) is 6.09. The number of fused-ring (bicyclic) bond motifs is 1. The van der Waals surface area contributed by atoms with Gasteiger partial charge in [0.2, 0.25) is 6.67 Å². The third-order valence-electron chi connectivity index (χ3n) is 4.33. The molecule has 1 heterocycles. The van der Waals surface area contributed by atoms with Gasteiger partial charge in [0.05, 0.1) is 11.4 Å². The van der Waals surface area contributed by atoms with Crippen LogP contribution in [0.25, 0.3) is 0 Å². The van der Waals surface area contributed by atoms with E-state index in [9.17, 15) is 0 Å². The molecule has 0 N–H and O–H groups in total. The van der Waals surface area contributed by atoms with E-state index in [1.54, 1.807) is 0 Å². The largest absolute Gasteiger partial charge is 0.335 e. The molecule has 0 saturated heterocycles. The summed E-state index contributed by atoms with van der Waals surface area (Å²) in [6, 6.07) is 27.0. The van der Waals surface area contributed by atoms with Crippen molar-refractivity contribution in [2.24, 2.45) is 0 Å². The smallest absolute Gasteiger partial charge is 0.209 e. The molecule has 0 aliphatic carbocycles. The molecule has 0 spiro atoms. The summed E-state index contributed by atoms with van der Waals surface area (Å²) in [4.78, 5) is 4.31. The van der Waals surface area contributed by atoms with Crippen molar-refractivity contribution in [3.05, 3.63) is 102 Å². The molecule has 0 aromatic heterocycles. The molecule has 1 aliphatic heterocycles. The van der Waals surface area contributed by atoms with Gasteiger partial charge in [-0.1, -0.05) is 66.6 Å². The van der Waals surface area contributed by atoms with Crippen LogP contribution in [0.3, 0.4) is 0 Å². The molecule has 0 amide bonds. The van der Waals surface area contributed by atoms with E-state index in [-0.39, 0.29) is 0 Å². The highest BCUT2D eigenvalue weighted by atomic mass is 15.4. The molecule has 0 fully saturated rings. The highest BCUT2D eigenvalue weighted by molar-refractivity contribution is 5.80. The molecule has 0 atom stereocenters. The molecule has 2 heteroatoms. The number of terminal acetylenes is 1. The minimum atomic E-state index is 0.771. The molecule has 120 valence electrons.